The molecule has 7 nitrogen and oxygen atoms in total. The first kappa shape index (κ1) is 18.9. The Labute approximate surface area is 159 Å². The number of anilines is 1. The van der Waals surface area contributed by atoms with Gasteiger partial charge in [0, 0.05) is 44.1 Å². The molecular weight excluding hydrogens is 344 g/mol. The molecule has 1 aromatic carbocycles. The molecule has 0 aliphatic carbocycles. The molecular formula is C20H26N4O3. The van der Waals surface area contributed by atoms with E-state index in [1.807, 2.05) is 42.0 Å². The number of aryl methyl sites for hydroxylation is 2. The van der Waals surface area contributed by atoms with Crippen molar-refractivity contribution in [2.24, 2.45) is 0 Å². The van der Waals surface area contributed by atoms with Crippen molar-refractivity contribution in [2.75, 3.05) is 25.1 Å². The minimum atomic E-state index is -0.455. The van der Waals surface area contributed by atoms with E-state index in [0.717, 1.165) is 30.2 Å². The lowest BCUT2D eigenvalue weighted by Crippen LogP contribution is -2.57. The summed E-state index contributed by atoms with van der Waals surface area (Å²) in [6, 6.07) is 6.96. The highest BCUT2D eigenvalue weighted by atomic mass is 16.5. The zero-order valence-electron chi connectivity index (χ0n) is 16.1. The molecule has 27 heavy (non-hydrogen) atoms. The van der Waals surface area contributed by atoms with Crippen LogP contribution in [-0.4, -0.2) is 52.5 Å². The van der Waals surface area contributed by atoms with E-state index in [9.17, 15) is 9.59 Å². The van der Waals surface area contributed by atoms with Gasteiger partial charge in [0.15, 0.2) is 0 Å². The summed E-state index contributed by atoms with van der Waals surface area (Å²) in [5, 5.41) is 0. The Hall–Kier alpha value is -2.83. The van der Waals surface area contributed by atoms with E-state index in [1.54, 1.807) is 30.0 Å². The number of benzene rings is 1. The number of methoxy groups -OCH3 is 1. The molecule has 0 unspecified atom stereocenters. The quantitative estimate of drug-likeness (QED) is 0.782. The molecule has 2 amide bonds. The molecule has 1 aliphatic heterocycles. The fourth-order valence-corrected chi connectivity index (χ4v) is 3.41. The van der Waals surface area contributed by atoms with Crippen molar-refractivity contribution in [3.05, 3.63) is 42.5 Å². The molecule has 0 saturated carbocycles. The summed E-state index contributed by atoms with van der Waals surface area (Å²) in [4.78, 5) is 33.0. The number of carbonyl (C=O) groups is 2. The number of ether oxygens (including phenoxy) is 1. The van der Waals surface area contributed by atoms with Gasteiger partial charge in [0.05, 0.1) is 7.11 Å². The summed E-state index contributed by atoms with van der Waals surface area (Å²) in [5.41, 5.74) is 0.829. The fourth-order valence-electron chi connectivity index (χ4n) is 3.41. The number of imidazole rings is 1. The van der Waals surface area contributed by atoms with Crippen LogP contribution in [0.2, 0.25) is 0 Å². The van der Waals surface area contributed by atoms with Gasteiger partial charge in [0.1, 0.15) is 17.6 Å². The molecule has 2 heterocycles. The van der Waals surface area contributed by atoms with Crippen molar-refractivity contribution in [1.82, 2.24) is 14.5 Å². The first-order valence-corrected chi connectivity index (χ1v) is 9.24. The summed E-state index contributed by atoms with van der Waals surface area (Å²) in [7, 11) is 1.61. The van der Waals surface area contributed by atoms with Crippen molar-refractivity contribution >= 4 is 17.5 Å². The van der Waals surface area contributed by atoms with Crippen molar-refractivity contribution in [2.45, 2.75) is 39.3 Å². The van der Waals surface area contributed by atoms with Crippen LogP contribution in [0.3, 0.4) is 0 Å². The average molecular weight is 370 g/mol. The topological polar surface area (TPSA) is 67.7 Å². The molecule has 0 N–H and O–H groups in total. The summed E-state index contributed by atoms with van der Waals surface area (Å²) in [6.07, 6.45) is 4.84. The van der Waals surface area contributed by atoms with Gasteiger partial charge < -0.3 is 19.1 Å². The molecule has 2 aromatic rings. The first-order valence-electron chi connectivity index (χ1n) is 9.24. The molecule has 7 heteroatoms. The molecule has 1 saturated heterocycles. The third kappa shape index (κ3) is 4.13. The highest BCUT2D eigenvalue weighted by Gasteiger charge is 2.34. The highest BCUT2D eigenvalue weighted by molar-refractivity contribution is 6.00. The van der Waals surface area contributed by atoms with Crippen LogP contribution in [0.25, 0.3) is 0 Å². The second-order valence-electron chi connectivity index (χ2n) is 6.72. The van der Waals surface area contributed by atoms with Gasteiger partial charge in [-0.05, 0) is 44.5 Å². The summed E-state index contributed by atoms with van der Waals surface area (Å²) in [6.45, 7) is 5.55. The Bertz CT molecular complexity index is 800. The van der Waals surface area contributed by atoms with Crippen molar-refractivity contribution < 1.29 is 14.3 Å². The van der Waals surface area contributed by atoms with Crippen LogP contribution >= 0.6 is 0 Å². The van der Waals surface area contributed by atoms with Crippen molar-refractivity contribution in [1.29, 1.82) is 0 Å². The number of aromatic nitrogens is 2. The normalized spacial score (nSPS) is 17.3. The minimum Gasteiger partial charge on any atom is -0.497 e. The first-order chi connectivity index (χ1) is 13.0. The van der Waals surface area contributed by atoms with Crippen LogP contribution in [0, 0.1) is 6.92 Å². The smallest absolute Gasteiger partial charge is 0.249 e. The van der Waals surface area contributed by atoms with Gasteiger partial charge in [0.2, 0.25) is 11.8 Å². The summed E-state index contributed by atoms with van der Waals surface area (Å²) < 4.78 is 7.19. The Kier molecular flexibility index (Phi) is 5.78. The van der Waals surface area contributed by atoms with Crippen LogP contribution in [0.4, 0.5) is 5.69 Å². The van der Waals surface area contributed by atoms with E-state index >= 15 is 0 Å². The molecule has 1 aliphatic rings. The van der Waals surface area contributed by atoms with Crippen molar-refractivity contribution in [3.63, 3.8) is 0 Å². The number of hydrogen-bond donors (Lipinski definition) is 0. The maximum Gasteiger partial charge on any atom is 0.249 e. The maximum absolute atomic E-state index is 12.8. The van der Waals surface area contributed by atoms with E-state index in [0.29, 0.717) is 19.5 Å². The largest absolute Gasteiger partial charge is 0.497 e. The predicted molar refractivity (Wildman–Crippen MR) is 103 cm³/mol. The third-order valence-corrected chi connectivity index (χ3v) is 5.07. The van der Waals surface area contributed by atoms with E-state index in [2.05, 4.69) is 4.98 Å². The van der Waals surface area contributed by atoms with Crippen LogP contribution in [0.15, 0.2) is 36.7 Å². The second kappa shape index (κ2) is 8.24. The lowest BCUT2D eigenvalue weighted by atomic mass is 10.1. The number of piperazine rings is 1. The molecule has 0 spiro atoms. The number of amides is 2. The van der Waals surface area contributed by atoms with E-state index in [1.165, 1.54) is 0 Å². The lowest BCUT2D eigenvalue weighted by Gasteiger charge is -2.39. The Morgan fingerprint density at radius 1 is 1.26 bits per heavy atom. The molecule has 3 rings (SSSR count). The van der Waals surface area contributed by atoms with Crippen LogP contribution < -0.4 is 9.64 Å². The molecule has 0 radical (unpaired) electrons. The Balaban J connectivity index is 1.56. The monoisotopic (exact) mass is 370 g/mol. The average Bonchev–Trinajstić information content (AvgIpc) is 3.09. The number of nitrogens with zero attached hydrogens (tertiary/aromatic N) is 4. The van der Waals surface area contributed by atoms with Gasteiger partial charge in [-0.25, -0.2) is 4.98 Å². The minimum absolute atomic E-state index is 0.0306. The van der Waals surface area contributed by atoms with Crippen LogP contribution in [-0.2, 0) is 16.1 Å². The maximum atomic E-state index is 12.8. The van der Waals surface area contributed by atoms with Crippen LogP contribution in [0.5, 0.6) is 5.75 Å². The Morgan fingerprint density at radius 3 is 2.63 bits per heavy atom. The standard InChI is InChI=1S/C20H26N4O3/c1-15-20(26)24(17-6-8-18(27-3)9-7-17)14-13-23(15)19(25)5-4-11-22-12-10-21-16(22)2/h6-10,12,15H,4-5,11,13-14H2,1-3H3/t15-/m0/s1. The fraction of sp³-hybridized carbons (Fsp3) is 0.450. The summed E-state index contributed by atoms with van der Waals surface area (Å²) in [5.74, 6) is 1.67. The van der Waals surface area contributed by atoms with E-state index in [-0.39, 0.29) is 11.8 Å². The predicted octanol–water partition coefficient (Wildman–Crippen LogP) is 2.24. The van der Waals surface area contributed by atoms with Gasteiger partial charge in [0.25, 0.3) is 0 Å². The number of hydrogen-bond acceptors (Lipinski definition) is 4. The Morgan fingerprint density at radius 2 is 2.00 bits per heavy atom. The SMILES string of the molecule is COc1ccc(N2CCN(C(=O)CCCn3ccnc3C)[C@@H](C)C2=O)cc1. The highest BCUT2D eigenvalue weighted by Crippen LogP contribution is 2.23. The zero-order valence-corrected chi connectivity index (χ0v) is 16.1. The van der Waals surface area contributed by atoms with Gasteiger partial charge in [-0.15, -0.1) is 0 Å². The molecule has 0 bridgehead atoms. The number of rotatable bonds is 6. The van der Waals surface area contributed by atoms with Gasteiger partial charge in [-0.2, -0.15) is 0 Å². The molecule has 1 fully saturated rings. The second-order valence-corrected chi connectivity index (χ2v) is 6.72. The number of carbonyl (C=O) groups excluding carboxylic acids is 2. The summed E-state index contributed by atoms with van der Waals surface area (Å²) >= 11 is 0. The van der Waals surface area contributed by atoms with Gasteiger partial charge in [-0.1, -0.05) is 0 Å². The zero-order chi connectivity index (χ0) is 19.4. The van der Waals surface area contributed by atoms with E-state index in [4.69, 9.17) is 4.74 Å². The third-order valence-electron chi connectivity index (χ3n) is 5.07. The lowest BCUT2D eigenvalue weighted by molar-refractivity contribution is -0.140. The molecule has 144 valence electrons. The molecule has 1 atom stereocenters. The van der Waals surface area contributed by atoms with Crippen LogP contribution in [0.1, 0.15) is 25.6 Å². The van der Waals surface area contributed by atoms with E-state index < -0.39 is 6.04 Å². The van der Waals surface area contributed by atoms with Gasteiger partial charge >= 0.3 is 0 Å². The van der Waals surface area contributed by atoms with Gasteiger partial charge in [-0.3, -0.25) is 9.59 Å². The molecule has 1 aromatic heterocycles. The van der Waals surface area contributed by atoms with Crippen molar-refractivity contribution in [3.8, 4) is 5.75 Å².